The van der Waals surface area contributed by atoms with Crippen molar-refractivity contribution in [2.45, 2.75) is 72.0 Å². The summed E-state index contributed by atoms with van der Waals surface area (Å²) in [4.78, 5) is 0. The van der Waals surface area contributed by atoms with Crippen molar-refractivity contribution in [3.8, 4) is 0 Å². The van der Waals surface area contributed by atoms with Crippen molar-refractivity contribution >= 4 is 43.0 Å². The van der Waals surface area contributed by atoms with E-state index in [1.54, 1.807) is 0 Å². The average molecular weight is 371 g/mol. The molecule has 0 aliphatic heterocycles. The van der Waals surface area contributed by atoms with E-state index in [1.807, 2.05) is 0 Å². The second-order valence-corrected chi connectivity index (χ2v) is 26.7. The molecule has 0 spiro atoms. The van der Waals surface area contributed by atoms with Gasteiger partial charge in [-0.3, -0.25) is 0 Å². The fraction of sp³-hybridized carbons (Fsp3) is 1.00. The Morgan fingerprint density at radius 1 is 0.550 bits per heavy atom. The minimum atomic E-state index is -2.18. The van der Waals surface area contributed by atoms with Gasteiger partial charge in [-0.25, -0.2) is 0 Å². The van der Waals surface area contributed by atoms with E-state index < -0.39 is 43.0 Å². The van der Waals surface area contributed by atoms with Crippen LogP contribution in [-0.4, -0.2) is 43.0 Å². The molecule has 9 heteroatoms. The van der Waals surface area contributed by atoms with Crippen LogP contribution in [0.3, 0.4) is 0 Å². The van der Waals surface area contributed by atoms with Crippen LogP contribution in [0.15, 0.2) is 0 Å². The lowest BCUT2D eigenvalue weighted by molar-refractivity contribution is 0.312. The topological polar surface area (TPSA) is 36.9 Å². The molecule has 0 aliphatic carbocycles. The van der Waals surface area contributed by atoms with Crippen LogP contribution in [0.4, 0.5) is 0 Å². The molecule has 0 aliphatic rings. The van der Waals surface area contributed by atoms with Gasteiger partial charge in [0, 0.05) is 0 Å². The molecule has 4 nitrogen and oxygen atoms in total. The Hall–Kier alpha value is 0.924. The smallest absolute Gasteiger partial charge is 0.313 e. The molecule has 20 heavy (non-hydrogen) atoms. The first kappa shape index (κ1) is 20.9. The zero-order valence-electron chi connectivity index (χ0n) is 15.2. The first-order valence-electron chi connectivity index (χ1n) is 7.27. The molecule has 0 aromatic rings. The maximum absolute atomic E-state index is 6.32. The molecule has 0 heterocycles. The highest BCUT2D eigenvalue weighted by molar-refractivity contribution is 6.87. The lowest BCUT2D eigenvalue weighted by atomic mass is 11.8. The molecule has 0 bridgehead atoms. The molecule has 0 rings (SSSR count). The number of hydrogen-bond donors (Lipinski definition) is 0. The fourth-order valence-electron chi connectivity index (χ4n) is 2.30. The van der Waals surface area contributed by atoms with Crippen LogP contribution in [-0.2, 0) is 16.5 Å². The fourth-order valence-corrected chi connectivity index (χ4v) is 21.9. The zero-order chi connectivity index (χ0) is 16.4. The summed E-state index contributed by atoms with van der Waals surface area (Å²) in [6, 6.07) is 0. The van der Waals surface area contributed by atoms with Crippen LogP contribution in [0, 0.1) is 0 Å². The molecule has 0 aromatic heterocycles. The van der Waals surface area contributed by atoms with Gasteiger partial charge in [-0.2, -0.15) is 0 Å². The summed E-state index contributed by atoms with van der Waals surface area (Å²) in [5.74, 6) is 0. The van der Waals surface area contributed by atoms with Crippen molar-refractivity contribution in [1.82, 2.24) is 0 Å². The molecular formula is C11H34O4Si5. The van der Waals surface area contributed by atoms with Crippen LogP contribution in [0.1, 0.15) is 0 Å². The summed E-state index contributed by atoms with van der Waals surface area (Å²) < 4.78 is 24.8. The quantitative estimate of drug-likeness (QED) is 0.606. The van der Waals surface area contributed by atoms with Crippen LogP contribution in [0.2, 0.25) is 72.0 Å². The van der Waals surface area contributed by atoms with E-state index in [4.69, 9.17) is 16.5 Å². The molecule has 0 N–H and O–H groups in total. The van der Waals surface area contributed by atoms with Crippen LogP contribution >= 0.6 is 0 Å². The van der Waals surface area contributed by atoms with E-state index >= 15 is 0 Å². The van der Waals surface area contributed by atoms with Gasteiger partial charge < -0.3 is 16.5 Å². The largest absolute Gasteiger partial charge is 0.439 e. The predicted molar refractivity (Wildman–Crippen MR) is 99.0 cm³/mol. The molecule has 0 fully saturated rings. The Morgan fingerprint density at radius 2 is 1.00 bits per heavy atom. The van der Waals surface area contributed by atoms with Gasteiger partial charge in [0.1, 0.15) is 0 Å². The van der Waals surface area contributed by atoms with Gasteiger partial charge in [0.05, 0.1) is 0 Å². The third-order valence-corrected chi connectivity index (χ3v) is 18.1. The zero-order valence-corrected chi connectivity index (χ0v) is 20.4. The van der Waals surface area contributed by atoms with E-state index in [9.17, 15) is 0 Å². The maximum atomic E-state index is 6.32. The Bertz CT molecular complexity index is 309. The van der Waals surface area contributed by atoms with Crippen molar-refractivity contribution in [2.24, 2.45) is 0 Å². The Labute approximate surface area is 131 Å². The summed E-state index contributed by atoms with van der Waals surface area (Å²) in [6.07, 6.45) is 0. The van der Waals surface area contributed by atoms with Gasteiger partial charge in [0.2, 0.25) is 0 Å². The summed E-state index contributed by atoms with van der Waals surface area (Å²) in [5, 5.41) is 0. The summed E-state index contributed by atoms with van der Waals surface area (Å²) >= 11 is 0. The molecule has 0 amide bonds. The van der Waals surface area contributed by atoms with E-state index in [-0.39, 0.29) is 0 Å². The van der Waals surface area contributed by atoms with Crippen LogP contribution in [0.5, 0.6) is 0 Å². The highest BCUT2D eigenvalue weighted by Gasteiger charge is 2.40. The number of hydrogen-bond acceptors (Lipinski definition) is 4. The first-order valence-corrected chi connectivity index (χ1v) is 21.8. The second-order valence-electron chi connectivity index (χ2n) is 8.03. The van der Waals surface area contributed by atoms with Crippen LogP contribution < -0.4 is 0 Å². The van der Waals surface area contributed by atoms with Gasteiger partial charge in [0.25, 0.3) is 9.28 Å². The first-order chi connectivity index (χ1) is 8.52. The summed E-state index contributed by atoms with van der Waals surface area (Å²) in [5.41, 5.74) is 0. The van der Waals surface area contributed by atoms with Gasteiger partial charge in [0.15, 0.2) is 16.6 Å². The lowest BCUT2D eigenvalue weighted by Gasteiger charge is -2.38. The Kier molecular flexibility index (Phi) is 7.33. The third-order valence-electron chi connectivity index (χ3n) is 2.01. The molecule has 1 unspecified atom stereocenters. The van der Waals surface area contributed by atoms with Crippen molar-refractivity contribution in [1.29, 1.82) is 0 Å². The van der Waals surface area contributed by atoms with Crippen molar-refractivity contribution in [3.05, 3.63) is 0 Å². The maximum Gasteiger partial charge on any atom is 0.313 e. The van der Waals surface area contributed by atoms with Gasteiger partial charge in [-0.15, -0.1) is 0 Å². The van der Waals surface area contributed by atoms with E-state index in [0.29, 0.717) is 0 Å². The van der Waals surface area contributed by atoms with E-state index in [0.717, 1.165) is 0 Å². The highest BCUT2D eigenvalue weighted by atomic mass is 28.5. The summed E-state index contributed by atoms with van der Waals surface area (Å²) in [6.45, 7) is 23.7. The molecule has 0 radical (unpaired) electrons. The van der Waals surface area contributed by atoms with E-state index in [1.165, 1.54) is 0 Å². The van der Waals surface area contributed by atoms with Gasteiger partial charge in [-0.05, 0) is 72.0 Å². The Balaban J connectivity index is 4.58. The highest BCUT2D eigenvalue weighted by Crippen LogP contribution is 2.22. The SMILES string of the molecule is C[SiH](O[Si](C)(C)C)O[Si](C)(C)O[Si](C)(C)O[Si](C)(C)C. The third kappa shape index (κ3) is 11.6. The molecular weight excluding hydrogens is 337 g/mol. The number of rotatable bonds is 8. The van der Waals surface area contributed by atoms with Gasteiger partial charge in [-0.1, -0.05) is 0 Å². The normalized spacial score (nSPS) is 16.4. The minimum Gasteiger partial charge on any atom is -0.439 e. The molecule has 1 atom stereocenters. The van der Waals surface area contributed by atoms with Crippen molar-refractivity contribution in [3.63, 3.8) is 0 Å². The predicted octanol–water partition coefficient (Wildman–Crippen LogP) is 3.98. The summed E-state index contributed by atoms with van der Waals surface area (Å²) in [7, 11) is -9.03. The van der Waals surface area contributed by atoms with Crippen molar-refractivity contribution < 1.29 is 16.5 Å². The monoisotopic (exact) mass is 370 g/mol. The molecule has 0 aromatic carbocycles. The molecule has 122 valence electrons. The lowest BCUT2D eigenvalue weighted by Crippen LogP contribution is -2.54. The van der Waals surface area contributed by atoms with Crippen molar-refractivity contribution in [2.75, 3.05) is 0 Å². The average Bonchev–Trinajstić information content (AvgIpc) is 1.86. The standard InChI is InChI=1S/C11H34O4Si5/c1-16(12-17(2,3)4)13-19(8,9)15-20(10,11)14-18(5,6)7/h16H,1-11H3. The molecule has 0 saturated heterocycles. The minimum absolute atomic E-state index is 1.53. The molecule has 0 saturated carbocycles. The van der Waals surface area contributed by atoms with Gasteiger partial charge >= 0.3 is 17.1 Å². The van der Waals surface area contributed by atoms with Crippen LogP contribution in [0.25, 0.3) is 0 Å². The Morgan fingerprint density at radius 3 is 1.35 bits per heavy atom. The second kappa shape index (κ2) is 7.00. The van der Waals surface area contributed by atoms with E-state index in [2.05, 4.69) is 72.0 Å².